The minimum atomic E-state index is -0.0180. The Balaban J connectivity index is 1.86. The summed E-state index contributed by atoms with van der Waals surface area (Å²) >= 11 is 12.5. The van der Waals surface area contributed by atoms with Crippen molar-refractivity contribution < 1.29 is 9.84 Å². The highest BCUT2D eigenvalue weighted by atomic mass is 35.5. The first kappa shape index (κ1) is 17.4. The van der Waals surface area contributed by atoms with Crippen molar-refractivity contribution in [1.29, 1.82) is 0 Å². The third kappa shape index (κ3) is 3.95. The molecular weight excluding hydrogens is 347 g/mol. The summed E-state index contributed by atoms with van der Waals surface area (Å²) in [6.45, 7) is 2.86. The normalized spacial score (nSPS) is 17.8. The van der Waals surface area contributed by atoms with Crippen LogP contribution < -0.4 is 15.0 Å². The van der Waals surface area contributed by atoms with Crippen LogP contribution in [0.25, 0.3) is 0 Å². The molecule has 1 atom stereocenters. The molecule has 24 heavy (non-hydrogen) atoms. The molecule has 128 valence electrons. The first-order valence-corrected chi connectivity index (χ1v) is 8.70. The maximum Gasteiger partial charge on any atom is 0.121 e. The molecule has 4 nitrogen and oxygen atoms in total. The summed E-state index contributed by atoms with van der Waals surface area (Å²) in [5.41, 5.74) is 2.18. The average molecular weight is 367 g/mol. The van der Waals surface area contributed by atoms with Gasteiger partial charge in [-0.2, -0.15) is 0 Å². The molecule has 1 fully saturated rings. The molecule has 0 amide bonds. The van der Waals surface area contributed by atoms with E-state index in [2.05, 4.69) is 22.3 Å². The Kier molecular flexibility index (Phi) is 5.85. The van der Waals surface area contributed by atoms with Gasteiger partial charge in [-0.05, 0) is 29.8 Å². The first-order chi connectivity index (χ1) is 11.7. The van der Waals surface area contributed by atoms with Gasteiger partial charge in [-0.1, -0.05) is 35.3 Å². The summed E-state index contributed by atoms with van der Waals surface area (Å²) in [7, 11) is 0. The van der Waals surface area contributed by atoms with Crippen molar-refractivity contribution in [3.63, 3.8) is 0 Å². The fraction of sp³-hybridized carbons (Fsp3) is 0.333. The standard InChI is InChI=1S/C18H20Cl2N2O2/c19-14-3-1-13(2-4-14)18-12-21-7-8-22(18)17-6-5-15(11-16(17)20)24-10-9-23/h1-6,11,18,21,23H,7-10,12H2. The topological polar surface area (TPSA) is 44.7 Å². The number of aliphatic hydroxyl groups is 1. The summed E-state index contributed by atoms with van der Waals surface area (Å²) in [6.07, 6.45) is 0. The molecule has 1 heterocycles. The average Bonchev–Trinajstić information content (AvgIpc) is 2.61. The molecule has 0 spiro atoms. The van der Waals surface area contributed by atoms with E-state index in [9.17, 15) is 0 Å². The van der Waals surface area contributed by atoms with Crippen LogP contribution in [0, 0.1) is 0 Å². The van der Waals surface area contributed by atoms with Crippen LogP contribution in [0.4, 0.5) is 5.69 Å². The molecule has 0 bridgehead atoms. The van der Waals surface area contributed by atoms with Gasteiger partial charge >= 0.3 is 0 Å². The van der Waals surface area contributed by atoms with Crippen molar-refractivity contribution in [2.45, 2.75) is 6.04 Å². The van der Waals surface area contributed by atoms with Crippen LogP contribution in [0.15, 0.2) is 42.5 Å². The Bertz CT molecular complexity index is 679. The monoisotopic (exact) mass is 366 g/mol. The van der Waals surface area contributed by atoms with Crippen LogP contribution in [0.2, 0.25) is 10.0 Å². The number of aliphatic hydroxyl groups excluding tert-OH is 1. The molecule has 2 N–H and O–H groups in total. The summed E-state index contributed by atoms with van der Waals surface area (Å²) in [6, 6.07) is 13.8. The molecule has 1 aliphatic rings. The van der Waals surface area contributed by atoms with E-state index in [1.54, 1.807) is 6.07 Å². The number of rotatable bonds is 5. The van der Waals surface area contributed by atoms with Gasteiger partial charge in [0.1, 0.15) is 12.4 Å². The first-order valence-electron chi connectivity index (χ1n) is 7.95. The second-order valence-electron chi connectivity index (χ2n) is 5.65. The molecule has 2 aromatic rings. The van der Waals surface area contributed by atoms with Crippen molar-refractivity contribution >= 4 is 28.9 Å². The van der Waals surface area contributed by atoms with Gasteiger partial charge in [0.25, 0.3) is 0 Å². The third-order valence-electron chi connectivity index (χ3n) is 4.09. The largest absolute Gasteiger partial charge is 0.491 e. The minimum absolute atomic E-state index is 0.0180. The molecule has 2 aromatic carbocycles. The zero-order valence-corrected chi connectivity index (χ0v) is 14.7. The van der Waals surface area contributed by atoms with Gasteiger partial charge in [0, 0.05) is 30.7 Å². The van der Waals surface area contributed by atoms with E-state index in [0.717, 1.165) is 30.3 Å². The molecule has 0 radical (unpaired) electrons. The van der Waals surface area contributed by atoms with E-state index < -0.39 is 0 Å². The van der Waals surface area contributed by atoms with Crippen molar-refractivity contribution in [3.05, 3.63) is 58.1 Å². The number of benzene rings is 2. The van der Waals surface area contributed by atoms with Crippen molar-refractivity contribution in [2.24, 2.45) is 0 Å². The van der Waals surface area contributed by atoms with Gasteiger partial charge in [-0.15, -0.1) is 0 Å². The number of nitrogens with one attached hydrogen (secondary N) is 1. The predicted molar refractivity (Wildman–Crippen MR) is 98.4 cm³/mol. The quantitative estimate of drug-likeness (QED) is 0.849. The van der Waals surface area contributed by atoms with Crippen LogP contribution in [0.3, 0.4) is 0 Å². The molecule has 1 aliphatic heterocycles. The lowest BCUT2D eigenvalue weighted by molar-refractivity contribution is 0.201. The van der Waals surface area contributed by atoms with Gasteiger partial charge in [0.15, 0.2) is 0 Å². The van der Waals surface area contributed by atoms with E-state index in [0.29, 0.717) is 10.8 Å². The van der Waals surface area contributed by atoms with Gasteiger partial charge in [-0.3, -0.25) is 0 Å². The molecule has 0 saturated carbocycles. The zero-order valence-electron chi connectivity index (χ0n) is 13.2. The molecule has 3 rings (SSSR count). The van der Waals surface area contributed by atoms with Gasteiger partial charge in [0.05, 0.1) is 23.4 Å². The van der Waals surface area contributed by atoms with Crippen molar-refractivity contribution in [3.8, 4) is 5.75 Å². The lowest BCUT2D eigenvalue weighted by atomic mass is 10.0. The lowest BCUT2D eigenvalue weighted by Crippen LogP contribution is -2.46. The number of halogens is 2. The second-order valence-corrected chi connectivity index (χ2v) is 6.49. The van der Waals surface area contributed by atoms with E-state index in [-0.39, 0.29) is 19.3 Å². The Morgan fingerprint density at radius 1 is 1.17 bits per heavy atom. The van der Waals surface area contributed by atoms with Crippen LogP contribution in [0.5, 0.6) is 5.75 Å². The van der Waals surface area contributed by atoms with Crippen LogP contribution in [-0.4, -0.2) is 38.0 Å². The Morgan fingerprint density at radius 2 is 1.96 bits per heavy atom. The van der Waals surface area contributed by atoms with E-state index in [1.165, 1.54) is 5.56 Å². The lowest BCUT2D eigenvalue weighted by Gasteiger charge is -2.39. The summed E-state index contributed by atoms with van der Waals surface area (Å²) in [4.78, 5) is 2.30. The van der Waals surface area contributed by atoms with Gasteiger partial charge in [-0.25, -0.2) is 0 Å². The Labute approximate surface area is 151 Å². The Morgan fingerprint density at radius 3 is 2.67 bits per heavy atom. The second kappa shape index (κ2) is 8.08. The molecule has 1 unspecified atom stereocenters. The maximum atomic E-state index is 8.85. The molecular formula is C18H20Cl2N2O2. The fourth-order valence-electron chi connectivity index (χ4n) is 2.95. The number of anilines is 1. The number of piperazine rings is 1. The highest BCUT2D eigenvalue weighted by Crippen LogP contribution is 2.36. The molecule has 6 heteroatoms. The maximum absolute atomic E-state index is 8.85. The van der Waals surface area contributed by atoms with Crippen LogP contribution in [-0.2, 0) is 0 Å². The van der Waals surface area contributed by atoms with Crippen molar-refractivity contribution in [2.75, 3.05) is 37.7 Å². The number of ether oxygens (including phenoxy) is 1. The smallest absolute Gasteiger partial charge is 0.121 e. The summed E-state index contributed by atoms with van der Waals surface area (Å²) < 4.78 is 5.42. The van der Waals surface area contributed by atoms with Crippen molar-refractivity contribution in [1.82, 2.24) is 5.32 Å². The molecule has 0 aliphatic carbocycles. The van der Waals surface area contributed by atoms with Gasteiger partial charge < -0.3 is 20.1 Å². The predicted octanol–water partition coefficient (Wildman–Crippen LogP) is 3.52. The number of hydrogen-bond donors (Lipinski definition) is 2. The van der Waals surface area contributed by atoms with E-state index >= 15 is 0 Å². The van der Waals surface area contributed by atoms with Crippen LogP contribution >= 0.6 is 23.2 Å². The van der Waals surface area contributed by atoms with Crippen LogP contribution in [0.1, 0.15) is 11.6 Å². The summed E-state index contributed by atoms with van der Waals surface area (Å²) in [5.74, 6) is 0.663. The number of hydrogen-bond acceptors (Lipinski definition) is 4. The fourth-order valence-corrected chi connectivity index (χ4v) is 3.35. The minimum Gasteiger partial charge on any atom is -0.491 e. The summed E-state index contributed by atoms with van der Waals surface area (Å²) in [5, 5.41) is 13.7. The SMILES string of the molecule is OCCOc1ccc(N2CCNCC2c2ccc(Cl)cc2)c(Cl)c1. The molecule has 1 saturated heterocycles. The van der Waals surface area contributed by atoms with E-state index in [4.69, 9.17) is 33.0 Å². The third-order valence-corrected chi connectivity index (χ3v) is 4.64. The Hall–Kier alpha value is -1.46. The van der Waals surface area contributed by atoms with Gasteiger partial charge in [0.2, 0.25) is 0 Å². The molecule has 0 aromatic heterocycles. The highest BCUT2D eigenvalue weighted by molar-refractivity contribution is 6.33. The highest BCUT2D eigenvalue weighted by Gasteiger charge is 2.25. The number of nitrogens with zero attached hydrogens (tertiary/aromatic N) is 1. The van der Waals surface area contributed by atoms with E-state index in [1.807, 2.05) is 24.3 Å². The zero-order chi connectivity index (χ0) is 16.9.